The van der Waals surface area contributed by atoms with Gasteiger partial charge >= 0.3 is 23.9 Å². The van der Waals surface area contributed by atoms with Gasteiger partial charge in [-0.1, -0.05) is 30.3 Å². The Morgan fingerprint density at radius 2 is 1.32 bits per heavy atom. The number of benzene rings is 1. The van der Waals surface area contributed by atoms with Gasteiger partial charge in [0.2, 0.25) is 0 Å². The van der Waals surface area contributed by atoms with Crippen LogP contribution in [0.5, 0.6) is 0 Å². The van der Waals surface area contributed by atoms with E-state index in [4.69, 9.17) is 14.2 Å². The highest BCUT2D eigenvalue weighted by molar-refractivity contribution is 5.71. The van der Waals surface area contributed by atoms with Crippen LogP contribution in [0.15, 0.2) is 30.3 Å². The van der Waals surface area contributed by atoms with E-state index in [9.17, 15) is 29.4 Å². The highest BCUT2D eigenvalue weighted by Gasteiger charge is 2.22. The molecule has 14 heteroatoms. The maximum Gasteiger partial charge on any atom is 0.319 e. The highest BCUT2D eigenvalue weighted by Crippen LogP contribution is 2.06. The standard InChI is InChI=1S/C30H49N5O9/c1-25(36)43-23-33-15-13-31(19-28(38)20-35(21-29(39)40)10-9-27-7-5-4-6-8-27)11-12-32(22-30(41)42-3)14-16-34(18-17-33)24-44-26(2)37/h4-8,28,38H,9-24H2,1-3H3,(H,39,40). The SMILES string of the molecule is COC(=O)CN1CCN(COC(C)=O)CCN(COC(C)=O)CCN(CC(O)CN(CCc2ccccc2)CC(=O)O)CC1. The van der Waals surface area contributed by atoms with Crippen LogP contribution in [0.2, 0.25) is 0 Å². The zero-order valence-electron chi connectivity index (χ0n) is 26.3. The van der Waals surface area contributed by atoms with Gasteiger partial charge in [0.05, 0.1) is 26.3 Å². The van der Waals surface area contributed by atoms with Gasteiger partial charge < -0.3 is 24.4 Å². The molecular weight excluding hydrogens is 574 g/mol. The first-order valence-corrected chi connectivity index (χ1v) is 14.9. The van der Waals surface area contributed by atoms with Gasteiger partial charge in [-0.3, -0.25) is 43.7 Å². The van der Waals surface area contributed by atoms with E-state index in [1.165, 1.54) is 21.0 Å². The van der Waals surface area contributed by atoms with Crippen LogP contribution in [0.4, 0.5) is 0 Å². The first-order chi connectivity index (χ1) is 21.0. The van der Waals surface area contributed by atoms with Crippen molar-refractivity contribution in [3.05, 3.63) is 35.9 Å². The Labute approximate surface area is 260 Å². The quantitative estimate of drug-likeness (QED) is 0.189. The summed E-state index contributed by atoms with van der Waals surface area (Å²) in [7, 11) is 1.34. The number of hydrogen-bond acceptors (Lipinski definition) is 13. The lowest BCUT2D eigenvalue weighted by Gasteiger charge is -2.34. The summed E-state index contributed by atoms with van der Waals surface area (Å²) < 4.78 is 15.4. The number of β-amino-alcohol motifs (C(OH)–C–C–N with tert-alkyl or cyclic N) is 1. The fourth-order valence-corrected chi connectivity index (χ4v) is 4.80. The van der Waals surface area contributed by atoms with Gasteiger partial charge in [-0.2, -0.15) is 0 Å². The van der Waals surface area contributed by atoms with Crippen molar-refractivity contribution in [3.63, 3.8) is 0 Å². The number of aliphatic hydroxyl groups excluding tert-OH is 1. The number of rotatable bonds is 15. The van der Waals surface area contributed by atoms with E-state index in [1.54, 1.807) is 4.90 Å². The second-order valence-corrected chi connectivity index (χ2v) is 10.9. The van der Waals surface area contributed by atoms with Gasteiger partial charge in [0.1, 0.15) is 13.5 Å². The maximum absolute atomic E-state index is 12.2. The summed E-state index contributed by atoms with van der Waals surface area (Å²) in [5.74, 6) is -2.12. The summed E-state index contributed by atoms with van der Waals surface area (Å²) in [6, 6.07) is 9.79. The Hall–Kier alpha value is -3.14. The number of aliphatic hydroxyl groups is 1. The second-order valence-electron chi connectivity index (χ2n) is 10.9. The lowest BCUT2D eigenvalue weighted by Crippen LogP contribution is -2.50. The molecule has 1 unspecified atom stereocenters. The number of ether oxygens (including phenoxy) is 3. The third kappa shape index (κ3) is 16.6. The van der Waals surface area contributed by atoms with Crippen molar-refractivity contribution in [1.29, 1.82) is 0 Å². The molecule has 1 heterocycles. The lowest BCUT2D eigenvalue weighted by atomic mass is 10.1. The van der Waals surface area contributed by atoms with Crippen molar-refractivity contribution >= 4 is 23.9 Å². The lowest BCUT2D eigenvalue weighted by molar-refractivity contribution is -0.148. The normalized spacial score (nSPS) is 17.3. The highest BCUT2D eigenvalue weighted by atomic mass is 16.5. The number of carboxylic acids is 1. The number of esters is 3. The van der Waals surface area contributed by atoms with Crippen LogP contribution in [0, 0.1) is 0 Å². The molecule has 0 saturated carbocycles. The predicted molar refractivity (Wildman–Crippen MR) is 162 cm³/mol. The molecule has 1 aromatic carbocycles. The second kappa shape index (κ2) is 20.7. The molecule has 0 aliphatic carbocycles. The fourth-order valence-electron chi connectivity index (χ4n) is 4.80. The van der Waals surface area contributed by atoms with Crippen LogP contribution in [0.3, 0.4) is 0 Å². The Morgan fingerprint density at radius 1 is 0.818 bits per heavy atom. The van der Waals surface area contributed by atoms with E-state index in [0.717, 1.165) is 5.56 Å². The zero-order chi connectivity index (χ0) is 32.3. The van der Waals surface area contributed by atoms with Crippen LogP contribution in [0.1, 0.15) is 19.4 Å². The molecule has 2 rings (SSSR count). The number of methoxy groups -OCH3 is 1. The largest absolute Gasteiger partial charge is 0.480 e. The van der Waals surface area contributed by atoms with Gasteiger partial charge in [0.25, 0.3) is 0 Å². The average molecular weight is 624 g/mol. The number of aliphatic carboxylic acids is 1. The molecule has 0 aromatic heterocycles. The predicted octanol–water partition coefficient (Wildman–Crippen LogP) is -0.588. The zero-order valence-corrected chi connectivity index (χ0v) is 26.3. The first-order valence-electron chi connectivity index (χ1n) is 14.9. The fraction of sp³-hybridized carbons (Fsp3) is 0.667. The van der Waals surface area contributed by atoms with Crippen molar-refractivity contribution < 1.29 is 43.6 Å². The van der Waals surface area contributed by atoms with Crippen molar-refractivity contribution in [2.45, 2.75) is 26.4 Å². The molecule has 2 N–H and O–H groups in total. The molecule has 0 amide bonds. The minimum absolute atomic E-state index is 0.0821. The molecule has 1 atom stereocenters. The summed E-state index contributed by atoms with van der Waals surface area (Å²) in [6.07, 6.45) is -0.166. The molecular formula is C30H49N5O9. The minimum Gasteiger partial charge on any atom is -0.480 e. The van der Waals surface area contributed by atoms with E-state index in [-0.39, 0.29) is 45.6 Å². The Balaban J connectivity index is 2.13. The van der Waals surface area contributed by atoms with Crippen LogP contribution < -0.4 is 0 Å². The van der Waals surface area contributed by atoms with Crippen molar-refractivity contribution in [3.8, 4) is 0 Å². The van der Waals surface area contributed by atoms with Crippen LogP contribution in [0.25, 0.3) is 0 Å². The Morgan fingerprint density at radius 3 is 1.80 bits per heavy atom. The van der Waals surface area contributed by atoms with Crippen LogP contribution in [-0.2, 0) is 39.8 Å². The molecule has 1 aliphatic heterocycles. The molecule has 248 valence electrons. The van der Waals surface area contributed by atoms with E-state index in [2.05, 4.69) is 4.90 Å². The van der Waals surface area contributed by atoms with Crippen molar-refractivity contribution in [2.75, 3.05) is 106 Å². The van der Waals surface area contributed by atoms with Crippen LogP contribution >= 0.6 is 0 Å². The average Bonchev–Trinajstić information content (AvgIpc) is 2.97. The van der Waals surface area contributed by atoms with Gasteiger partial charge in [0.15, 0.2) is 0 Å². The Kier molecular flexibility index (Phi) is 17.5. The molecule has 1 aliphatic rings. The monoisotopic (exact) mass is 623 g/mol. The number of hydrogen-bond donors (Lipinski definition) is 2. The minimum atomic E-state index is -0.959. The van der Waals surface area contributed by atoms with Gasteiger partial charge in [0, 0.05) is 85.8 Å². The molecule has 1 fully saturated rings. The van der Waals surface area contributed by atoms with Gasteiger partial charge in [-0.05, 0) is 12.0 Å². The number of carbonyl (C=O) groups is 4. The smallest absolute Gasteiger partial charge is 0.319 e. The Bertz CT molecular complexity index is 1020. The van der Waals surface area contributed by atoms with Gasteiger partial charge in [-0.25, -0.2) is 0 Å². The first kappa shape index (κ1) is 37.0. The summed E-state index contributed by atoms with van der Waals surface area (Å²) in [5.41, 5.74) is 1.09. The van der Waals surface area contributed by atoms with Crippen molar-refractivity contribution in [1.82, 2.24) is 24.5 Å². The van der Waals surface area contributed by atoms with E-state index in [0.29, 0.717) is 65.3 Å². The molecule has 0 radical (unpaired) electrons. The third-order valence-electron chi connectivity index (χ3n) is 7.27. The summed E-state index contributed by atoms with van der Waals surface area (Å²) in [6.45, 7) is 7.86. The van der Waals surface area contributed by atoms with Crippen LogP contribution in [-0.4, -0.2) is 170 Å². The molecule has 1 aromatic rings. The van der Waals surface area contributed by atoms with E-state index >= 15 is 0 Å². The summed E-state index contributed by atoms with van der Waals surface area (Å²) in [4.78, 5) is 56.4. The van der Waals surface area contributed by atoms with E-state index in [1.807, 2.05) is 45.0 Å². The maximum atomic E-state index is 12.2. The van der Waals surface area contributed by atoms with E-state index < -0.39 is 24.0 Å². The van der Waals surface area contributed by atoms with Crippen molar-refractivity contribution in [2.24, 2.45) is 0 Å². The number of nitrogens with zero attached hydrogens (tertiary/aromatic N) is 5. The number of carbonyl (C=O) groups excluding carboxylic acids is 3. The molecule has 0 bridgehead atoms. The molecule has 14 nitrogen and oxygen atoms in total. The topological polar surface area (TPSA) is 153 Å². The summed E-state index contributed by atoms with van der Waals surface area (Å²) >= 11 is 0. The third-order valence-corrected chi connectivity index (χ3v) is 7.27. The van der Waals surface area contributed by atoms with Gasteiger partial charge in [-0.15, -0.1) is 0 Å². The summed E-state index contributed by atoms with van der Waals surface area (Å²) in [5, 5.41) is 20.6. The molecule has 0 spiro atoms. The molecule has 1 saturated heterocycles. The number of carboxylic acid groups (broad SMARTS) is 1. The molecule has 44 heavy (non-hydrogen) atoms.